The molecule has 1 fully saturated rings. The van der Waals surface area contributed by atoms with Gasteiger partial charge in [0, 0.05) is 5.92 Å². The van der Waals surface area contributed by atoms with E-state index in [9.17, 15) is 12.3 Å². The first-order valence-corrected chi connectivity index (χ1v) is 5.40. The molecular formula is C7H13FO3S. The standard InChI is InChI=1S/C7H13FO3S/c1-7(2)3-6(4-11-7)5-12(8,9)10/h6H,3-5H2,1-2H3. The molecule has 0 N–H and O–H groups in total. The minimum Gasteiger partial charge on any atom is -0.375 e. The Morgan fingerprint density at radius 3 is 2.50 bits per heavy atom. The van der Waals surface area contributed by atoms with Crippen molar-refractivity contribution < 1.29 is 17.0 Å². The summed E-state index contributed by atoms with van der Waals surface area (Å²) in [4.78, 5) is 0. The molecule has 1 unspecified atom stereocenters. The summed E-state index contributed by atoms with van der Waals surface area (Å²) in [6, 6.07) is 0. The van der Waals surface area contributed by atoms with Gasteiger partial charge in [-0.05, 0) is 20.3 Å². The average molecular weight is 196 g/mol. The Morgan fingerprint density at radius 2 is 2.17 bits per heavy atom. The van der Waals surface area contributed by atoms with Crippen molar-refractivity contribution in [3.8, 4) is 0 Å². The van der Waals surface area contributed by atoms with Crippen LogP contribution < -0.4 is 0 Å². The van der Waals surface area contributed by atoms with Crippen LogP contribution >= 0.6 is 0 Å². The molecule has 12 heavy (non-hydrogen) atoms. The molecule has 0 spiro atoms. The molecule has 0 radical (unpaired) electrons. The third-order valence-corrected chi connectivity index (χ3v) is 2.79. The summed E-state index contributed by atoms with van der Waals surface area (Å²) in [6.07, 6.45) is 0.607. The topological polar surface area (TPSA) is 43.4 Å². The largest absolute Gasteiger partial charge is 0.375 e. The second kappa shape index (κ2) is 2.96. The Kier molecular flexibility index (Phi) is 2.45. The molecular weight excluding hydrogens is 183 g/mol. The molecule has 0 bridgehead atoms. The zero-order chi connectivity index (χ0) is 9.41. The molecule has 0 amide bonds. The van der Waals surface area contributed by atoms with E-state index in [1.807, 2.05) is 13.8 Å². The predicted octanol–water partition coefficient (Wildman–Crippen LogP) is 1.10. The fourth-order valence-electron chi connectivity index (χ4n) is 1.55. The second-order valence-electron chi connectivity index (χ2n) is 3.85. The van der Waals surface area contributed by atoms with Crippen LogP contribution in [0.2, 0.25) is 0 Å². The van der Waals surface area contributed by atoms with Gasteiger partial charge in [0.25, 0.3) is 0 Å². The molecule has 1 aliphatic rings. The van der Waals surface area contributed by atoms with E-state index in [0.717, 1.165) is 0 Å². The van der Waals surface area contributed by atoms with Crippen LogP contribution in [0, 0.1) is 5.92 Å². The van der Waals surface area contributed by atoms with Crippen molar-refractivity contribution in [1.82, 2.24) is 0 Å². The summed E-state index contributed by atoms with van der Waals surface area (Å²) in [5.74, 6) is -0.592. The molecule has 72 valence electrons. The van der Waals surface area contributed by atoms with Crippen molar-refractivity contribution in [3.05, 3.63) is 0 Å². The normalized spacial score (nSPS) is 29.1. The summed E-state index contributed by atoms with van der Waals surface area (Å²) in [5.41, 5.74) is -0.296. The first-order valence-electron chi connectivity index (χ1n) is 3.85. The SMILES string of the molecule is CC1(C)CC(CS(=O)(=O)F)CO1. The summed E-state index contributed by atoms with van der Waals surface area (Å²) < 4.78 is 38.0. The van der Waals surface area contributed by atoms with Crippen LogP contribution in [0.4, 0.5) is 3.89 Å². The summed E-state index contributed by atoms with van der Waals surface area (Å²) in [7, 11) is -4.34. The van der Waals surface area contributed by atoms with E-state index < -0.39 is 16.0 Å². The van der Waals surface area contributed by atoms with E-state index >= 15 is 0 Å². The lowest BCUT2D eigenvalue weighted by atomic mass is 10.00. The Morgan fingerprint density at radius 1 is 1.58 bits per heavy atom. The maximum Gasteiger partial charge on any atom is 0.302 e. The molecule has 0 aliphatic carbocycles. The molecule has 1 saturated heterocycles. The number of rotatable bonds is 2. The first kappa shape index (κ1) is 9.92. The molecule has 1 aliphatic heterocycles. The van der Waals surface area contributed by atoms with Crippen LogP contribution in [0.15, 0.2) is 0 Å². The molecule has 0 aromatic rings. The van der Waals surface area contributed by atoms with Gasteiger partial charge >= 0.3 is 10.2 Å². The third kappa shape index (κ3) is 3.06. The minimum absolute atomic E-state index is 0.185. The molecule has 0 aromatic carbocycles. The van der Waals surface area contributed by atoms with Crippen LogP contribution in [-0.2, 0) is 15.0 Å². The highest BCUT2D eigenvalue weighted by Crippen LogP contribution is 2.29. The highest BCUT2D eigenvalue weighted by atomic mass is 32.3. The summed E-state index contributed by atoms with van der Waals surface area (Å²) in [6.45, 7) is 4.09. The summed E-state index contributed by atoms with van der Waals surface area (Å²) >= 11 is 0. The molecule has 1 heterocycles. The molecule has 5 heteroatoms. The number of halogens is 1. The van der Waals surface area contributed by atoms with Crippen molar-refractivity contribution in [2.45, 2.75) is 25.9 Å². The van der Waals surface area contributed by atoms with Gasteiger partial charge < -0.3 is 4.74 Å². The Hall–Kier alpha value is -0.160. The van der Waals surface area contributed by atoms with E-state index in [0.29, 0.717) is 13.0 Å². The van der Waals surface area contributed by atoms with Crippen molar-refractivity contribution in [1.29, 1.82) is 0 Å². The van der Waals surface area contributed by atoms with Crippen LogP contribution in [0.3, 0.4) is 0 Å². The van der Waals surface area contributed by atoms with Crippen LogP contribution in [0.1, 0.15) is 20.3 Å². The van der Waals surface area contributed by atoms with Gasteiger partial charge in [0.15, 0.2) is 0 Å². The third-order valence-electron chi connectivity index (χ3n) is 1.92. The van der Waals surface area contributed by atoms with Crippen LogP contribution in [-0.4, -0.2) is 26.4 Å². The van der Waals surface area contributed by atoms with Gasteiger partial charge in [-0.15, -0.1) is 3.89 Å². The Balaban J connectivity index is 2.49. The average Bonchev–Trinajstić information content (AvgIpc) is 2.05. The number of ether oxygens (including phenoxy) is 1. The van der Waals surface area contributed by atoms with Gasteiger partial charge in [-0.1, -0.05) is 0 Å². The quantitative estimate of drug-likeness (QED) is 0.621. The van der Waals surface area contributed by atoms with Gasteiger partial charge in [0.2, 0.25) is 0 Å². The lowest BCUT2D eigenvalue weighted by Gasteiger charge is -2.15. The smallest absolute Gasteiger partial charge is 0.302 e. The lowest BCUT2D eigenvalue weighted by molar-refractivity contribution is 0.0353. The molecule has 0 aromatic heterocycles. The summed E-state index contributed by atoms with van der Waals surface area (Å²) in [5, 5.41) is 0. The van der Waals surface area contributed by atoms with Gasteiger partial charge in [0.1, 0.15) is 0 Å². The maximum atomic E-state index is 12.2. The van der Waals surface area contributed by atoms with Gasteiger partial charge in [-0.2, -0.15) is 8.42 Å². The monoisotopic (exact) mass is 196 g/mol. The van der Waals surface area contributed by atoms with E-state index in [1.165, 1.54) is 0 Å². The molecule has 1 rings (SSSR count). The lowest BCUT2D eigenvalue weighted by Crippen LogP contribution is -2.18. The minimum atomic E-state index is -4.34. The van der Waals surface area contributed by atoms with E-state index in [-0.39, 0.29) is 11.5 Å². The number of hydrogen-bond donors (Lipinski definition) is 0. The first-order chi connectivity index (χ1) is 5.29. The van der Waals surface area contributed by atoms with E-state index in [2.05, 4.69) is 0 Å². The molecule has 0 saturated carbocycles. The van der Waals surface area contributed by atoms with Crippen molar-refractivity contribution >= 4 is 10.2 Å². The maximum absolute atomic E-state index is 12.2. The van der Waals surface area contributed by atoms with Crippen molar-refractivity contribution in [2.75, 3.05) is 12.4 Å². The molecule has 1 atom stereocenters. The van der Waals surface area contributed by atoms with Gasteiger partial charge in [-0.3, -0.25) is 0 Å². The Labute approximate surface area is 72.1 Å². The fourth-order valence-corrected chi connectivity index (χ4v) is 2.32. The Bertz CT molecular complexity index is 258. The van der Waals surface area contributed by atoms with E-state index in [4.69, 9.17) is 4.74 Å². The van der Waals surface area contributed by atoms with Crippen LogP contribution in [0.5, 0.6) is 0 Å². The number of hydrogen-bond acceptors (Lipinski definition) is 3. The highest BCUT2D eigenvalue weighted by molar-refractivity contribution is 7.86. The zero-order valence-corrected chi connectivity index (χ0v) is 8.03. The van der Waals surface area contributed by atoms with Gasteiger partial charge in [0.05, 0.1) is 18.0 Å². The highest BCUT2D eigenvalue weighted by Gasteiger charge is 2.34. The fraction of sp³-hybridized carbons (Fsp3) is 1.00. The predicted molar refractivity (Wildman–Crippen MR) is 43.0 cm³/mol. The van der Waals surface area contributed by atoms with Crippen molar-refractivity contribution in [2.24, 2.45) is 5.92 Å². The zero-order valence-electron chi connectivity index (χ0n) is 7.21. The van der Waals surface area contributed by atoms with Crippen molar-refractivity contribution in [3.63, 3.8) is 0 Å². The van der Waals surface area contributed by atoms with Crippen LogP contribution in [0.25, 0.3) is 0 Å². The van der Waals surface area contributed by atoms with Gasteiger partial charge in [-0.25, -0.2) is 0 Å². The molecule has 3 nitrogen and oxygen atoms in total. The van der Waals surface area contributed by atoms with E-state index in [1.54, 1.807) is 0 Å². The second-order valence-corrected chi connectivity index (χ2v) is 5.26.